The number of hydrogen-bond acceptors (Lipinski definition) is 12. The van der Waals surface area contributed by atoms with Gasteiger partial charge in [0.15, 0.2) is 11.6 Å². The van der Waals surface area contributed by atoms with Crippen molar-refractivity contribution in [2.45, 2.75) is 13.2 Å². The second-order valence-corrected chi connectivity index (χ2v) is 7.16. The monoisotopic (exact) mass is 468 g/mol. The van der Waals surface area contributed by atoms with E-state index >= 15 is 0 Å². The molecular weight excluding hydrogens is 447 g/mol. The van der Waals surface area contributed by atoms with E-state index in [2.05, 4.69) is 30.0 Å². The van der Waals surface area contributed by atoms with Gasteiger partial charge in [-0.05, 0) is 31.2 Å². The molecule has 1 aromatic carbocycles. The van der Waals surface area contributed by atoms with Gasteiger partial charge in [-0.15, -0.1) is 10.2 Å². The average molecular weight is 468 g/mol. The number of nitrogen functional groups attached to an aromatic ring is 1. The standard InChI is InChI=1S/C17H21N6O8P/c1-10(29-17(25)28-2)30-32(26,27)31-13-6-4-3-5-11(13)22-23-12-7-8-14(21-16(12)19)20-15(24)9-18/h3-8,10H,9,18H2,1-2H3,(H,26,27)(H3,19,20,21,24). The number of pyridine rings is 1. The Hall–Kier alpha value is -3.58. The Labute approximate surface area is 182 Å². The molecule has 0 spiro atoms. The molecule has 2 atom stereocenters. The SMILES string of the molecule is COC(=O)OC(C)OP(=O)(O)Oc1ccccc1N=Nc1ccc(NC(=O)CN)nc1N. The Morgan fingerprint density at radius 1 is 1.22 bits per heavy atom. The van der Waals surface area contributed by atoms with Gasteiger partial charge in [-0.2, -0.15) is 0 Å². The summed E-state index contributed by atoms with van der Waals surface area (Å²) in [6.45, 7) is 0.982. The number of para-hydroxylation sites is 1. The van der Waals surface area contributed by atoms with Gasteiger partial charge in [-0.25, -0.2) is 18.9 Å². The van der Waals surface area contributed by atoms with Crippen molar-refractivity contribution < 1.29 is 37.6 Å². The number of phosphoric acid groups is 1. The Kier molecular flexibility index (Phi) is 8.61. The number of rotatable bonds is 9. The zero-order valence-electron chi connectivity index (χ0n) is 17.0. The predicted molar refractivity (Wildman–Crippen MR) is 111 cm³/mol. The number of carbonyl (C=O) groups excluding carboxylic acids is 2. The maximum Gasteiger partial charge on any atom is 0.530 e. The summed E-state index contributed by atoms with van der Waals surface area (Å²) in [6.07, 6.45) is -2.54. The molecule has 32 heavy (non-hydrogen) atoms. The van der Waals surface area contributed by atoms with Crippen molar-refractivity contribution in [2.24, 2.45) is 16.0 Å². The highest BCUT2D eigenvalue weighted by Crippen LogP contribution is 2.48. The zero-order valence-corrected chi connectivity index (χ0v) is 17.9. The van der Waals surface area contributed by atoms with Crippen LogP contribution < -0.4 is 21.3 Å². The number of ether oxygens (including phenoxy) is 2. The van der Waals surface area contributed by atoms with E-state index in [9.17, 15) is 19.0 Å². The Bertz CT molecular complexity index is 1050. The number of benzene rings is 1. The number of nitrogens with two attached hydrogens (primary N) is 2. The van der Waals surface area contributed by atoms with Gasteiger partial charge in [-0.1, -0.05) is 12.1 Å². The first-order valence-corrected chi connectivity index (χ1v) is 10.4. The third-order valence-corrected chi connectivity index (χ3v) is 4.40. The number of hydrogen-bond donors (Lipinski definition) is 4. The quantitative estimate of drug-likeness (QED) is 0.182. The van der Waals surface area contributed by atoms with Gasteiger partial charge in [0.05, 0.1) is 13.7 Å². The van der Waals surface area contributed by atoms with Crippen molar-refractivity contribution in [3.8, 4) is 5.75 Å². The highest BCUT2D eigenvalue weighted by Gasteiger charge is 2.29. The van der Waals surface area contributed by atoms with Crippen molar-refractivity contribution in [1.29, 1.82) is 0 Å². The van der Waals surface area contributed by atoms with Crippen LogP contribution >= 0.6 is 7.82 Å². The number of aromatic nitrogens is 1. The van der Waals surface area contributed by atoms with Crippen LogP contribution in [0.25, 0.3) is 0 Å². The summed E-state index contributed by atoms with van der Waals surface area (Å²) < 4.78 is 30.8. The Balaban J connectivity index is 2.15. The molecule has 0 aliphatic carbocycles. The number of nitrogens with one attached hydrogen (secondary N) is 1. The van der Waals surface area contributed by atoms with E-state index in [0.29, 0.717) is 0 Å². The molecule has 1 heterocycles. The molecule has 1 amide bonds. The molecule has 0 saturated carbocycles. The van der Waals surface area contributed by atoms with E-state index in [4.69, 9.17) is 20.5 Å². The van der Waals surface area contributed by atoms with Gasteiger partial charge in [-0.3, -0.25) is 9.69 Å². The third kappa shape index (κ3) is 7.59. The summed E-state index contributed by atoms with van der Waals surface area (Å²) in [7, 11) is -3.65. The molecule has 0 saturated heterocycles. The molecule has 0 aliphatic rings. The first kappa shape index (κ1) is 24.7. The molecule has 2 aromatic rings. The van der Waals surface area contributed by atoms with Crippen molar-refractivity contribution in [3.63, 3.8) is 0 Å². The normalized spacial score (nSPS) is 13.8. The van der Waals surface area contributed by atoms with Crippen LogP contribution in [0.5, 0.6) is 5.75 Å². The predicted octanol–water partition coefficient (Wildman–Crippen LogP) is 2.60. The Morgan fingerprint density at radius 2 is 1.91 bits per heavy atom. The molecule has 0 fully saturated rings. The van der Waals surface area contributed by atoms with Crippen LogP contribution in [0.4, 0.5) is 27.8 Å². The molecule has 6 N–H and O–H groups in total. The van der Waals surface area contributed by atoms with Crippen LogP contribution in [-0.2, 0) is 23.4 Å². The highest BCUT2D eigenvalue weighted by molar-refractivity contribution is 7.47. The van der Waals surface area contributed by atoms with E-state index in [-0.39, 0.29) is 35.3 Å². The summed E-state index contributed by atoms with van der Waals surface area (Å²) in [6, 6.07) is 8.80. The zero-order chi connectivity index (χ0) is 23.7. The average Bonchev–Trinajstić information content (AvgIpc) is 2.73. The van der Waals surface area contributed by atoms with E-state index in [0.717, 1.165) is 7.11 Å². The van der Waals surface area contributed by atoms with Gasteiger partial charge in [0.25, 0.3) is 0 Å². The molecule has 15 heteroatoms. The lowest BCUT2D eigenvalue weighted by atomic mass is 10.3. The summed E-state index contributed by atoms with van der Waals surface area (Å²) in [5, 5.41) is 10.3. The second kappa shape index (κ2) is 11.2. The van der Waals surface area contributed by atoms with Crippen LogP contribution in [0, 0.1) is 0 Å². The van der Waals surface area contributed by atoms with Gasteiger partial charge in [0, 0.05) is 0 Å². The first-order valence-electron chi connectivity index (χ1n) is 8.86. The smallest absolute Gasteiger partial charge is 0.438 e. The second-order valence-electron chi connectivity index (χ2n) is 5.83. The van der Waals surface area contributed by atoms with Gasteiger partial charge in [0.1, 0.15) is 17.2 Å². The molecule has 0 aliphatic heterocycles. The molecule has 0 radical (unpaired) electrons. The molecule has 14 nitrogen and oxygen atoms in total. The van der Waals surface area contributed by atoms with E-state index in [1.54, 1.807) is 6.07 Å². The fraction of sp³-hybridized carbons (Fsp3) is 0.235. The van der Waals surface area contributed by atoms with Crippen LogP contribution in [0.3, 0.4) is 0 Å². The summed E-state index contributed by atoms with van der Waals surface area (Å²) in [5.74, 6) is -0.445. The number of anilines is 2. The Morgan fingerprint density at radius 3 is 2.56 bits per heavy atom. The van der Waals surface area contributed by atoms with Crippen LogP contribution in [0.1, 0.15) is 6.92 Å². The maximum absolute atomic E-state index is 12.2. The van der Waals surface area contributed by atoms with E-state index in [1.807, 2.05) is 0 Å². The van der Waals surface area contributed by atoms with Gasteiger partial charge >= 0.3 is 14.0 Å². The van der Waals surface area contributed by atoms with Crippen molar-refractivity contribution in [3.05, 3.63) is 36.4 Å². The van der Waals surface area contributed by atoms with E-state index < -0.39 is 26.2 Å². The van der Waals surface area contributed by atoms with E-state index in [1.165, 1.54) is 37.3 Å². The molecule has 2 unspecified atom stereocenters. The number of phosphoric ester groups is 1. The first-order chi connectivity index (χ1) is 15.1. The lowest BCUT2D eigenvalue weighted by molar-refractivity contribution is -0.114. The van der Waals surface area contributed by atoms with Gasteiger partial charge < -0.3 is 30.8 Å². The molecule has 172 valence electrons. The topological polar surface area (TPSA) is 210 Å². The number of methoxy groups -OCH3 is 1. The van der Waals surface area contributed by atoms with Crippen molar-refractivity contribution >= 4 is 42.9 Å². The number of amides is 1. The third-order valence-electron chi connectivity index (χ3n) is 3.41. The van der Waals surface area contributed by atoms with Crippen LogP contribution in [0.2, 0.25) is 0 Å². The summed E-state index contributed by atoms with van der Waals surface area (Å²) >= 11 is 0. The molecule has 1 aromatic heterocycles. The summed E-state index contributed by atoms with van der Waals surface area (Å²) in [4.78, 5) is 36.3. The number of carbonyl (C=O) groups is 2. The van der Waals surface area contributed by atoms with Crippen LogP contribution in [-0.4, -0.2) is 41.9 Å². The van der Waals surface area contributed by atoms with Crippen molar-refractivity contribution in [1.82, 2.24) is 4.98 Å². The van der Waals surface area contributed by atoms with Crippen LogP contribution in [0.15, 0.2) is 46.6 Å². The lowest BCUT2D eigenvalue weighted by Crippen LogP contribution is -2.22. The molecule has 0 bridgehead atoms. The number of nitrogens with zero attached hydrogens (tertiary/aromatic N) is 3. The fourth-order valence-electron chi connectivity index (χ4n) is 2.08. The highest BCUT2D eigenvalue weighted by atomic mass is 31.2. The minimum Gasteiger partial charge on any atom is -0.438 e. The maximum atomic E-state index is 12.2. The fourth-order valence-corrected chi connectivity index (χ4v) is 2.94. The minimum absolute atomic E-state index is 0.0353. The lowest BCUT2D eigenvalue weighted by Gasteiger charge is -2.18. The van der Waals surface area contributed by atoms with Crippen molar-refractivity contribution in [2.75, 3.05) is 24.7 Å². The van der Waals surface area contributed by atoms with Gasteiger partial charge in [0.2, 0.25) is 12.2 Å². The molecule has 2 rings (SSSR count). The molecular formula is C17H21N6O8P. The minimum atomic E-state index is -4.71. The largest absolute Gasteiger partial charge is 0.530 e. The summed E-state index contributed by atoms with van der Waals surface area (Å²) in [5.41, 5.74) is 11.3. The number of azo groups is 1.